The summed E-state index contributed by atoms with van der Waals surface area (Å²) in [4.78, 5) is 31.7. The third kappa shape index (κ3) is 5.57. The van der Waals surface area contributed by atoms with Gasteiger partial charge in [0.05, 0.1) is 47.7 Å². The van der Waals surface area contributed by atoms with Gasteiger partial charge in [-0.1, -0.05) is 42.4 Å². The quantitative estimate of drug-likeness (QED) is 0.237. The van der Waals surface area contributed by atoms with Crippen LogP contribution in [0.2, 0.25) is 5.02 Å². The van der Waals surface area contributed by atoms with Gasteiger partial charge in [0.2, 0.25) is 0 Å². The van der Waals surface area contributed by atoms with Gasteiger partial charge in [0.1, 0.15) is 29.5 Å². The van der Waals surface area contributed by atoms with Crippen LogP contribution in [-0.4, -0.2) is 94.8 Å². The van der Waals surface area contributed by atoms with Crippen molar-refractivity contribution >= 4 is 45.0 Å². The summed E-state index contributed by atoms with van der Waals surface area (Å²) >= 11 is 6.38. The molecule has 1 amide bonds. The molecule has 248 valence electrons. The Morgan fingerprint density at radius 1 is 1.19 bits per heavy atom. The molecule has 3 fully saturated rings. The lowest BCUT2D eigenvalue weighted by atomic mass is 9.97. The average Bonchev–Trinajstić information content (AvgIpc) is 3.53. The predicted octanol–water partition coefficient (Wildman–Crippen LogP) is 5.43. The Morgan fingerprint density at radius 3 is 2.85 bits per heavy atom. The lowest BCUT2D eigenvalue weighted by molar-refractivity contribution is -0.131. The molecule has 10 nitrogen and oxygen atoms in total. The average molecular weight is 678 g/mol. The molecule has 3 aliphatic heterocycles. The van der Waals surface area contributed by atoms with Gasteiger partial charge in [-0.2, -0.15) is 15.2 Å². The Balaban J connectivity index is 1.34. The van der Waals surface area contributed by atoms with E-state index in [0.717, 1.165) is 25.9 Å². The lowest BCUT2D eigenvalue weighted by Gasteiger charge is -2.41. The van der Waals surface area contributed by atoms with Gasteiger partial charge in [0.25, 0.3) is 5.91 Å². The van der Waals surface area contributed by atoms with Crippen LogP contribution in [0, 0.1) is 23.0 Å². The van der Waals surface area contributed by atoms with Crippen molar-refractivity contribution in [2.45, 2.75) is 30.8 Å². The largest absolute Gasteiger partial charge is 0.461 e. The van der Waals surface area contributed by atoms with Crippen LogP contribution in [0.5, 0.6) is 6.01 Å². The maximum absolute atomic E-state index is 16.8. The topological polar surface area (TPSA) is 108 Å². The van der Waals surface area contributed by atoms with Crippen LogP contribution in [0.4, 0.5) is 19.0 Å². The number of anilines is 1. The summed E-state index contributed by atoms with van der Waals surface area (Å²) in [6.45, 7) is 6.52. The van der Waals surface area contributed by atoms with E-state index in [0.29, 0.717) is 24.0 Å². The van der Waals surface area contributed by atoms with Gasteiger partial charge in [-0.05, 0) is 30.8 Å². The number of hydrogen-bond donors (Lipinski definition) is 0. The second kappa shape index (κ2) is 12.8. The van der Waals surface area contributed by atoms with E-state index in [1.54, 1.807) is 29.2 Å². The molecule has 0 bridgehead atoms. The first kappa shape index (κ1) is 32.1. The van der Waals surface area contributed by atoms with Gasteiger partial charge < -0.3 is 19.3 Å². The minimum atomic E-state index is -1.12. The standard InChI is InChI=1S/C34H31ClF3N7O3/c1-20(36)32(46)45-13-12-43(17-22(45)8-10-39)31-24-16-40-29(23-5-2-4-21-6-7-25(37)27(35)26(21)23)28(38)30(24)41-33(42-31)48-19-34-9-3-11-44(34)14-15-47-18-34/h2,4-7,16,22H,1,3,8-9,11-15,17-19H2/t22-,34?/m0/s1. The Hall–Kier alpha value is -4.51. The minimum Gasteiger partial charge on any atom is -0.461 e. The Kier molecular flexibility index (Phi) is 8.57. The zero-order chi connectivity index (χ0) is 33.6. The van der Waals surface area contributed by atoms with Crippen molar-refractivity contribution < 1.29 is 27.4 Å². The van der Waals surface area contributed by atoms with E-state index >= 15 is 4.39 Å². The van der Waals surface area contributed by atoms with E-state index in [1.165, 1.54) is 17.2 Å². The molecule has 3 saturated heterocycles. The molecule has 2 aromatic heterocycles. The number of benzene rings is 2. The van der Waals surface area contributed by atoms with Crippen LogP contribution in [0.25, 0.3) is 32.9 Å². The second-order valence-corrected chi connectivity index (χ2v) is 12.7. The van der Waals surface area contributed by atoms with E-state index in [-0.39, 0.29) is 77.2 Å². The molecule has 3 aliphatic rings. The number of ether oxygens (including phenoxy) is 2. The Labute approximate surface area is 279 Å². The number of fused-ring (bicyclic) bond motifs is 3. The summed E-state index contributed by atoms with van der Waals surface area (Å²) < 4.78 is 57.3. The number of amides is 1. The molecule has 7 rings (SSSR count). The monoisotopic (exact) mass is 677 g/mol. The number of piperazine rings is 1. The van der Waals surface area contributed by atoms with Crippen LogP contribution in [0.3, 0.4) is 0 Å². The first-order chi connectivity index (χ1) is 23.2. The SMILES string of the molecule is C=C(F)C(=O)N1CCN(c2nc(OCC34CCCN3CCOC4)nc3c(F)c(-c4cccc5ccc(F)c(Cl)c45)ncc23)C[C@@H]1CC#N. The number of pyridine rings is 1. The van der Waals surface area contributed by atoms with Crippen molar-refractivity contribution in [2.24, 2.45) is 0 Å². The van der Waals surface area contributed by atoms with E-state index < -0.39 is 29.4 Å². The van der Waals surface area contributed by atoms with Crippen molar-refractivity contribution in [3.63, 3.8) is 0 Å². The fourth-order valence-electron chi connectivity index (χ4n) is 7.12. The smallest absolute Gasteiger partial charge is 0.319 e. The minimum absolute atomic E-state index is 0.0687. The van der Waals surface area contributed by atoms with E-state index in [1.807, 2.05) is 0 Å². The summed E-state index contributed by atoms with van der Waals surface area (Å²) in [6.07, 6.45) is 3.21. The highest BCUT2D eigenvalue weighted by Gasteiger charge is 2.44. The first-order valence-electron chi connectivity index (χ1n) is 15.7. The summed E-state index contributed by atoms with van der Waals surface area (Å²) in [5.74, 6) is -3.15. The van der Waals surface area contributed by atoms with E-state index in [2.05, 4.69) is 27.5 Å². The third-order valence-electron chi connectivity index (χ3n) is 9.52. The molecule has 0 saturated carbocycles. The van der Waals surface area contributed by atoms with E-state index in [4.69, 9.17) is 26.1 Å². The number of carbonyl (C=O) groups is 1. The predicted molar refractivity (Wildman–Crippen MR) is 173 cm³/mol. The van der Waals surface area contributed by atoms with Crippen LogP contribution in [0.1, 0.15) is 19.3 Å². The number of rotatable bonds is 7. The van der Waals surface area contributed by atoms with Crippen LogP contribution < -0.4 is 9.64 Å². The zero-order valence-electron chi connectivity index (χ0n) is 25.9. The van der Waals surface area contributed by atoms with Crippen LogP contribution in [-0.2, 0) is 9.53 Å². The van der Waals surface area contributed by atoms with Crippen LogP contribution in [0.15, 0.2) is 48.9 Å². The Morgan fingerprint density at radius 2 is 2.04 bits per heavy atom. The molecule has 0 N–H and O–H groups in total. The van der Waals surface area contributed by atoms with Gasteiger partial charge in [-0.15, -0.1) is 0 Å². The number of carbonyl (C=O) groups excluding carboxylic acids is 1. The number of halogens is 4. The van der Waals surface area contributed by atoms with E-state index in [9.17, 15) is 18.8 Å². The highest BCUT2D eigenvalue weighted by molar-refractivity contribution is 6.36. The summed E-state index contributed by atoms with van der Waals surface area (Å²) in [5.41, 5.74) is -0.248. The number of hydrogen-bond acceptors (Lipinski definition) is 9. The highest BCUT2D eigenvalue weighted by atomic mass is 35.5. The van der Waals surface area contributed by atoms with Gasteiger partial charge in [0, 0.05) is 43.3 Å². The Bertz CT molecular complexity index is 1990. The van der Waals surface area contributed by atoms with Crippen molar-refractivity contribution in [3.8, 4) is 23.3 Å². The van der Waals surface area contributed by atoms with Crippen molar-refractivity contribution in [3.05, 3.63) is 65.6 Å². The van der Waals surface area contributed by atoms with Crippen molar-refractivity contribution in [1.29, 1.82) is 5.26 Å². The molecule has 14 heteroatoms. The summed E-state index contributed by atoms with van der Waals surface area (Å²) in [7, 11) is 0. The summed E-state index contributed by atoms with van der Waals surface area (Å²) in [5, 5.41) is 10.5. The number of nitriles is 1. The molecule has 0 spiro atoms. The van der Waals surface area contributed by atoms with Gasteiger partial charge in [-0.25, -0.2) is 13.2 Å². The molecule has 0 aliphatic carbocycles. The molecular weight excluding hydrogens is 647 g/mol. The third-order valence-corrected chi connectivity index (χ3v) is 9.89. The lowest BCUT2D eigenvalue weighted by Crippen LogP contribution is -2.56. The number of nitrogens with zero attached hydrogens (tertiary/aromatic N) is 7. The normalized spacial score (nSPS) is 21.4. The molecule has 48 heavy (non-hydrogen) atoms. The molecule has 4 aromatic rings. The molecular formula is C34H31ClF3N7O3. The van der Waals surface area contributed by atoms with Gasteiger partial charge in [-0.3, -0.25) is 14.7 Å². The number of aromatic nitrogens is 3. The van der Waals surface area contributed by atoms with Gasteiger partial charge in [0.15, 0.2) is 11.6 Å². The zero-order valence-corrected chi connectivity index (χ0v) is 26.6. The second-order valence-electron chi connectivity index (χ2n) is 12.3. The number of morpholine rings is 1. The van der Waals surface area contributed by atoms with Crippen molar-refractivity contribution in [2.75, 3.05) is 57.4 Å². The molecule has 5 heterocycles. The summed E-state index contributed by atoms with van der Waals surface area (Å²) in [6, 6.07) is 9.18. The van der Waals surface area contributed by atoms with Crippen LogP contribution >= 0.6 is 11.6 Å². The fraction of sp³-hybridized carbons (Fsp3) is 0.382. The first-order valence-corrected chi connectivity index (χ1v) is 16.0. The van der Waals surface area contributed by atoms with Gasteiger partial charge >= 0.3 is 6.01 Å². The molecule has 1 unspecified atom stereocenters. The molecule has 2 atom stereocenters. The van der Waals surface area contributed by atoms with Crippen molar-refractivity contribution in [1.82, 2.24) is 24.8 Å². The maximum atomic E-state index is 16.8. The molecule has 2 aromatic carbocycles. The molecule has 0 radical (unpaired) electrons. The highest BCUT2D eigenvalue weighted by Crippen LogP contribution is 2.39. The fourth-order valence-corrected chi connectivity index (χ4v) is 7.39. The maximum Gasteiger partial charge on any atom is 0.319 e.